The Morgan fingerprint density at radius 1 is 1.00 bits per heavy atom. The normalized spacial score (nSPS) is 30.1. The molecule has 55 heavy (non-hydrogen) atoms. The van der Waals surface area contributed by atoms with Crippen LogP contribution in [0.15, 0.2) is 36.8 Å². The van der Waals surface area contributed by atoms with Gasteiger partial charge in [-0.05, 0) is 112 Å². The van der Waals surface area contributed by atoms with Gasteiger partial charge in [0.2, 0.25) is 5.95 Å². The van der Waals surface area contributed by atoms with E-state index in [1.807, 2.05) is 30.0 Å². The third kappa shape index (κ3) is 6.92. The summed E-state index contributed by atoms with van der Waals surface area (Å²) in [5.41, 5.74) is -1.34. The van der Waals surface area contributed by atoms with Crippen molar-refractivity contribution in [3.8, 4) is 5.75 Å². The largest absolute Gasteiger partial charge is 0.490 e. The van der Waals surface area contributed by atoms with Gasteiger partial charge in [0, 0.05) is 49.9 Å². The molecule has 3 aliphatic carbocycles. The Morgan fingerprint density at radius 2 is 1.73 bits per heavy atom. The highest BCUT2D eigenvalue weighted by atomic mass is 19.3. The average molecular weight is 763 g/mol. The van der Waals surface area contributed by atoms with Crippen molar-refractivity contribution in [3.63, 3.8) is 0 Å². The minimum atomic E-state index is -3.53. The Hall–Kier alpha value is -4.33. The minimum Gasteiger partial charge on any atom is -0.490 e. The molecule has 5 unspecified atom stereocenters. The van der Waals surface area contributed by atoms with Crippen molar-refractivity contribution < 1.29 is 37.3 Å². The lowest BCUT2D eigenvalue weighted by atomic mass is 9.56. The molecule has 294 valence electrons. The Bertz CT molecular complexity index is 1930. The van der Waals surface area contributed by atoms with Gasteiger partial charge in [-0.1, -0.05) is 13.8 Å². The molecule has 1 aromatic carbocycles. The molecular weight excluding hydrogens is 713 g/mol. The van der Waals surface area contributed by atoms with E-state index in [0.717, 1.165) is 49.6 Å². The first-order valence-electron chi connectivity index (χ1n) is 19.7. The number of hydrogen-bond acceptors (Lipinski definition) is 9. The molecule has 2 N–H and O–H groups in total. The number of rotatable bonds is 8. The van der Waals surface area contributed by atoms with E-state index < -0.39 is 40.4 Å². The molecule has 2 aromatic heterocycles. The van der Waals surface area contributed by atoms with E-state index in [4.69, 9.17) is 9.47 Å². The predicted molar refractivity (Wildman–Crippen MR) is 196 cm³/mol. The molecule has 14 heteroatoms. The van der Waals surface area contributed by atoms with Crippen molar-refractivity contribution in [2.75, 3.05) is 24.7 Å². The van der Waals surface area contributed by atoms with Gasteiger partial charge in [0.1, 0.15) is 22.8 Å². The van der Waals surface area contributed by atoms with E-state index in [1.54, 1.807) is 0 Å². The number of benzene rings is 1. The van der Waals surface area contributed by atoms with E-state index >= 15 is 8.78 Å². The van der Waals surface area contributed by atoms with Gasteiger partial charge in [0.05, 0.1) is 24.1 Å². The van der Waals surface area contributed by atoms with Gasteiger partial charge >= 0.3 is 5.97 Å². The third-order valence-electron chi connectivity index (χ3n) is 13.2. The van der Waals surface area contributed by atoms with Crippen LogP contribution in [0.5, 0.6) is 5.75 Å². The molecule has 4 fully saturated rings. The van der Waals surface area contributed by atoms with Crippen molar-refractivity contribution in [1.29, 1.82) is 0 Å². The minimum absolute atomic E-state index is 0.0194. The van der Waals surface area contributed by atoms with E-state index in [2.05, 4.69) is 32.2 Å². The maximum atomic E-state index is 15.5. The van der Waals surface area contributed by atoms with Gasteiger partial charge in [-0.15, -0.1) is 0 Å². The van der Waals surface area contributed by atoms with E-state index in [1.165, 1.54) is 12.4 Å². The second-order valence-electron chi connectivity index (χ2n) is 17.0. The quantitative estimate of drug-likeness (QED) is 0.238. The van der Waals surface area contributed by atoms with Crippen molar-refractivity contribution in [2.45, 2.75) is 114 Å². The number of ether oxygens (including phenoxy) is 2. The van der Waals surface area contributed by atoms with Gasteiger partial charge in [0.25, 0.3) is 11.8 Å². The van der Waals surface area contributed by atoms with Crippen molar-refractivity contribution in [2.24, 2.45) is 23.7 Å². The number of fused-ring (bicyclic) bond motifs is 4. The molecule has 0 radical (unpaired) electrons. The zero-order valence-corrected chi connectivity index (χ0v) is 31.6. The summed E-state index contributed by atoms with van der Waals surface area (Å²) in [5, 5.41) is 13.4. The first kappa shape index (κ1) is 37.6. The number of carbonyl (C=O) groups excluding carboxylic acids is 1. The van der Waals surface area contributed by atoms with E-state index in [0.29, 0.717) is 82.2 Å². The van der Waals surface area contributed by atoms with Crippen molar-refractivity contribution in [1.82, 2.24) is 25.3 Å². The predicted octanol–water partition coefficient (Wildman–Crippen LogP) is 7.47. The monoisotopic (exact) mass is 762 g/mol. The number of hydrogen-bond donors (Lipinski definition) is 2. The van der Waals surface area contributed by atoms with Crippen LogP contribution in [0.3, 0.4) is 0 Å². The lowest BCUT2D eigenvalue weighted by Gasteiger charge is -2.52. The van der Waals surface area contributed by atoms with E-state index in [9.17, 15) is 19.1 Å². The number of carboxylic acids is 1. The lowest BCUT2D eigenvalue weighted by Crippen LogP contribution is -2.66. The van der Waals surface area contributed by atoms with E-state index in [-0.39, 0.29) is 35.2 Å². The maximum Gasteiger partial charge on any atom is 0.329 e. The molecule has 4 heterocycles. The molecule has 2 bridgehead atoms. The number of carbonyl (C=O) groups is 2. The fourth-order valence-corrected chi connectivity index (χ4v) is 10.6. The van der Waals surface area contributed by atoms with Crippen LogP contribution in [0.2, 0.25) is 0 Å². The zero-order chi connectivity index (χ0) is 38.7. The summed E-state index contributed by atoms with van der Waals surface area (Å²) in [5.74, 6) is -4.49. The summed E-state index contributed by atoms with van der Waals surface area (Å²) in [6.07, 6.45) is 11.1. The summed E-state index contributed by atoms with van der Waals surface area (Å²) < 4.78 is 56.6. The summed E-state index contributed by atoms with van der Waals surface area (Å²) in [4.78, 5) is 46.1. The van der Waals surface area contributed by atoms with Crippen molar-refractivity contribution >= 4 is 23.5 Å². The number of aromatic nitrogens is 4. The number of carboxylic acid groups (broad SMARTS) is 1. The molecule has 11 nitrogen and oxygen atoms in total. The molecule has 5 atom stereocenters. The van der Waals surface area contributed by atoms with Gasteiger partial charge in [0.15, 0.2) is 5.82 Å². The molecular formula is C41H49F3N6O5. The summed E-state index contributed by atoms with van der Waals surface area (Å²) in [7, 11) is 0. The van der Waals surface area contributed by atoms with Gasteiger partial charge < -0.3 is 24.8 Å². The molecule has 2 aliphatic heterocycles. The highest BCUT2D eigenvalue weighted by Gasteiger charge is 2.57. The molecule has 3 aromatic rings. The highest BCUT2D eigenvalue weighted by Crippen LogP contribution is 2.52. The van der Waals surface area contributed by atoms with Crippen LogP contribution < -0.4 is 15.0 Å². The number of amides is 1. The lowest BCUT2D eigenvalue weighted by molar-refractivity contribution is -0.155. The first-order valence-corrected chi connectivity index (χ1v) is 19.7. The molecule has 1 amide bonds. The summed E-state index contributed by atoms with van der Waals surface area (Å²) >= 11 is 0. The maximum absolute atomic E-state index is 15.5. The fraction of sp³-hybridized carbons (Fsp3) is 0.610. The second kappa shape index (κ2) is 14.3. The van der Waals surface area contributed by atoms with Crippen LogP contribution in [0, 0.1) is 29.5 Å². The SMILES string of the molecule is CC1CC2CC(C)C(NC(=O)c3cnc(N4CC5(CCOCC5)c5cc(O[C@H]6CC[C@H](c7ncc(F)cn7)CC6)ccc54)nc3C(C)(F)F)(C(=O)O)C(C1)C2. The average Bonchev–Trinajstić information content (AvgIpc) is 3.45. The standard InChI is InChI=1S/C41H49F3N6O5/c1-23-14-25-16-24(2)41(37(52)53,27(15-23)17-25)49-36(51)31-21-47-38(48-34(31)39(3,43)44)50-22-40(10-12-54-13-11-40)32-18-30(8-9-33(32)50)55-29-6-4-26(5-7-29)35-45-19-28(42)20-46-35/h8-9,18-21,23-27,29H,4-7,10-17,22H2,1-3H3,(H,49,51)(H,52,53)/t23?,24?,25?,26-,27?,29-,41?. The number of alkyl halides is 2. The fourth-order valence-electron chi connectivity index (χ4n) is 10.6. The van der Waals surface area contributed by atoms with Crippen LogP contribution >= 0.6 is 0 Å². The Morgan fingerprint density at radius 3 is 2.42 bits per heavy atom. The molecule has 3 saturated carbocycles. The van der Waals surface area contributed by atoms with Gasteiger partial charge in [-0.2, -0.15) is 8.78 Å². The first-order chi connectivity index (χ1) is 26.3. The highest BCUT2D eigenvalue weighted by molar-refractivity contribution is 5.99. The van der Waals surface area contributed by atoms with Gasteiger partial charge in [-0.25, -0.2) is 29.1 Å². The topological polar surface area (TPSA) is 140 Å². The number of halogens is 3. The number of aliphatic carboxylic acids is 1. The van der Waals surface area contributed by atoms with Gasteiger partial charge in [-0.3, -0.25) is 4.79 Å². The number of nitrogens with one attached hydrogen (secondary N) is 1. The third-order valence-corrected chi connectivity index (χ3v) is 13.2. The number of anilines is 2. The Labute approximate surface area is 318 Å². The molecule has 5 aliphatic rings. The number of nitrogens with zero attached hydrogens (tertiary/aromatic N) is 5. The molecule has 8 rings (SSSR count). The Balaban J connectivity index is 1.06. The van der Waals surface area contributed by atoms with Crippen LogP contribution in [-0.4, -0.2) is 68.3 Å². The second-order valence-corrected chi connectivity index (χ2v) is 17.0. The molecule has 1 spiro atoms. The van der Waals surface area contributed by atoms with Crippen LogP contribution in [-0.2, 0) is 20.9 Å². The molecule has 1 saturated heterocycles. The zero-order valence-electron chi connectivity index (χ0n) is 31.6. The summed E-state index contributed by atoms with van der Waals surface area (Å²) in [6, 6.07) is 5.84. The smallest absolute Gasteiger partial charge is 0.329 e. The summed E-state index contributed by atoms with van der Waals surface area (Å²) in [6.45, 7) is 6.13. The van der Waals surface area contributed by atoms with Crippen molar-refractivity contribution in [3.05, 3.63) is 65.3 Å². The Kier molecular flexibility index (Phi) is 9.78. The van der Waals surface area contributed by atoms with Crippen LogP contribution in [0.25, 0.3) is 0 Å². The van der Waals surface area contributed by atoms with Crippen LogP contribution in [0.4, 0.5) is 24.8 Å². The van der Waals surface area contributed by atoms with Crippen LogP contribution in [0.1, 0.15) is 118 Å².